The van der Waals surface area contributed by atoms with Crippen LogP contribution in [0.2, 0.25) is 0 Å². The summed E-state index contributed by atoms with van der Waals surface area (Å²) in [5.41, 5.74) is 0. The van der Waals surface area contributed by atoms with E-state index in [-0.39, 0.29) is 24.0 Å². The van der Waals surface area contributed by atoms with Crippen molar-refractivity contribution in [1.29, 1.82) is 0 Å². The van der Waals surface area contributed by atoms with Gasteiger partial charge in [0.1, 0.15) is 0 Å². The van der Waals surface area contributed by atoms with Crippen LogP contribution in [0, 0.1) is 5.92 Å². The van der Waals surface area contributed by atoms with Gasteiger partial charge in [-0.25, -0.2) is 0 Å². The molecule has 0 aromatic rings. The molecule has 0 aromatic heterocycles. The third-order valence-corrected chi connectivity index (χ3v) is 3.22. The molecule has 0 rings (SSSR count). The van der Waals surface area contributed by atoms with Crippen molar-refractivity contribution in [2.75, 3.05) is 25.9 Å². The summed E-state index contributed by atoms with van der Waals surface area (Å²) in [6.45, 7) is 11.6. The number of rotatable bonds is 7. The van der Waals surface area contributed by atoms with Gasteiger partial charge < -0.3 is 10.6 Å². The summed E-state index contributed by atoms with van der Waals surface area (Å²) >= 11 is 1.85. The van der Waals surface area contributed by atoms with Gasteiger partial charge in [-0.2, -0.15) is 11.8 Å². The predicted octanol–water partition coefficient (Wildman–Crippen LogP) is 2.96. The third kappa shape index (κ3) is 12.6. The normalized spacial score (nSPS) is 13.2. The summed E-state index contributed by atoms with van der Waals surface area (Å²) in [4.78, 5) is 4.55. The van der Waals surface area contributed by atoms with E-state index in [0.717, 1.165) is 31.5 Å². The fourth-order valence-electron chi connectivity index (χ4n) is 1.12. The van der Waals surface area contributed by atoms with Crippen LogP contribution in [0.25, 0.3) is 0 Å². The molecule has 3 nitrogen and oxygen atoms in total. The number of guanidine groups is 1. The summed E-state index contributed by atoms with van der Waals surface area (Å²) in [5, 5.41) is 7.21. The lowest BCUT2D eigenvalue weighted by Gasteiger charge is -2.13. The SMILES string of the molecule is CCNC(=NCC(C)SC)NCCC(C)C.I. The molecule has 0 amide bonds. The first-order chi connectivity index (χ1) is 7.60. The summed E-state index contributed by atoms with van der Waals surface area (Å²) in [5.74, 6) is 1.68. The van der Waals surface area contributed by atoms with Crippen molar-refractivity contribution >= 4 is 41.7 Å². The van der Waals surface area contributed by atoms with Gasteiger partial charge in [0.25, 0.3) is 0 Å². The van der Waals surface area contributed by atoms with Crippen LogP contribution in [0.5, 0.6) is 0 Å². The zero-order valence-corrected chi connectivity index (χ0v) is 14.9. The first kappa shape index (κ1) is 19.7. The topological polar surface area (TPSA) is 36.4 Å². The number of hydrogen-bond acceptors (Lipinski definition) is 2. The average molecular weight is 373 g/mol. The molecule has 0 aliphatic rings. The second-order valence-electron chi connectivity index (χ2n) is 4.38. The molecule has 1 unspecified atom stereocenters. The smallest absolute Gasteiger partial charge is 0.191 e. The van der Waals surface area contributed by atoms with Crippen molar-refractivity contribution in [2.24, 2.45) is 10.9 Å². The highest BCUT2D eigenvalue weighted by Crippen LogP contribution is 2.04. The molecule has 0 spiro atoms. The minimum atomic E-state index is 0. The molecule has 5 heteroatoms. The van der Waals surface area contributed by atoms with Crippen LogP contribution in [0.15, 0.2) is 4.99 Å². The molecular weight excluding hydrogens is 345 g/mol. The van der Waals surface area contributed by atoms with Gasteiger partial charge in [0.2, 0.25) is 0 Å². The highest BCUT2D eigenvalue weighted by molar-refractivity contribution is 14.0. The van der Waals surface area contributed by atoms with Crippen LogP contribution in [0.3, 0.4) is 0 Å². The van der Waals surface area contributed by atoms with Crippen LogP contribution >= 0.6 is 35.7 Å². The van der Waals surface area contributed by atoms with Gasteiger partial charge in [-0.15, -0.1) is 24.0 Å². The Bertz CT molecular complexity index is 198. The molecule has 0 bridgehead atoms. The molecule has 0 saturated carbocycles. The van der Waals surface area contributed by atoms with Crippen molar-refractivity contribution in [2.45, 2.75) is 39.4 Å². The molecule has 2 N–H and O–H groups in total. The zero-order chi connectivity index (χ0) is 12.4. The van der Waals surface area contributed by atoms with Crippen LogP contribution < -0.4 is 10.6 Å². The Kier molecular flexibility index (Phi) is 14.8. The number of aliphatic imine (C=N–C) groups is 1. The Labute approximate surface area is 128 Å². The predicted molar refractivity (Wildman–Crippen MR) is 91.8 cm³/mol. The van der Waals surface area contributed by atoms with Gasteiger partial charge in [-0.3, -0.25) is 4.99 Å². The lowest BCUT2D eigenvalue weighted by Crippen LogP contribution is -2.38. The second kappa shape index (κ2) is 12.8. The molecule has 1 atom stereocenters. The molecule has 0 heterocycles. The fraction of sp³-hybridized carbons (Fsp3) is 0.917. The Morgan fingerprint density at radius 2 is 1.88 bits per heavy atom. The van der Waals surface area contributed by atoms with Gasteiger partial charge in [0.15, 0.2) is 5.96 Å². The molecular formula is C12H28IN3S. The van der Waals surface area contributed by atoms with E-state index in [1.807, 2.05) is 11.8 Å². The summed E-state index contributed by atoms with van der Waals surface area (Å²) in [6.07, 6.45) is 3.31. The van der Waals surface area contributed by atoms with E-state index in [2.05, 4.69) is 49.6 Å². The zero-order valence-electron chi connectivity index (χ0n) is 11.7. The van der Waals surface area contributed by atoms with Crippen LogP contribution in [-0.2, 0) is 0 Å². The van der Waals surface area contributed by atoms with Crippen molar-refractivity contribution in [3.05, 3.63) is 0 Å². The molecule has 0 fully saturated rings. The van der Waals surface area contributed by atoms with Crippen LogP contribution in [-0.4, -0.2) is 37.1 Å². The first-order valence-corrected chi connectivity index (χ1v) is 7.43. The fourth-order valence-corrected chi connectivity index (χ4v) is 1.34. The number of hydrogen-bond donors (Lipinski definition) is 2. The van der Waals surface area contributed by atoms with Gasteiger partial charge in [-0.05, 0) is 25.5 Å². The van der Waals surface area contributed by atoms with Gasteiger partial charge >= 0.3 is 0 Å². The minimum Gasteiger partial charge on any atom is -0.357 e. The summed E-state index contributed by atoms with van der Waals surface area (Å²) < 4.78 is 0. The standard InChI is InChI=1S/C12H27N3S.HI/c1-6-13-12(14-8-7-10(2)3)15-9-11(4)16-5;/h10-11H,6-9H2,1-5H3,(H2,13,14,15);1H. The highest BCUT2D eigenvalue weighted by atomic mass is 127. The second-order valence-corrected chi connectivity index (χ2v) is 5.65. The maximum atomic E-state index is 4.55. The van der Waals surface area contributed by atoms with Crippen molar-refractivity contribution in [3.63, 3.8) is 0 Å². The Hall–Kier alpha value is 0.350. The maximum absolute atomic E-state index is 4.55. The van der Waals surface area contributed by atoms with Crippen molar-refractivity contribution in [3.8, 4) is 0 Å². The average Bonchev–Trinajstić information content (AvgIpc) is 2.24. The van der Waals surface area contributed by atoms with E-state index in [1.165, 1.54) is 6.42 Å². The van der Waals surface area contributed by atoms with E-state index in [0.29, 0.717) is 5.25 Å². The number of thioether (sulfide) groups is 1. The molecule has 0 saturated heterocycles. The van der Waals surface area contributed by atoms with Gasteiger partial charge in [0.05, 0.1) is 6.54 Å². The van der Waals surface area contributed by atoms with Crippen LogP contribution in [0.4, 0.5) is 0 Å². The molecule has 0 radical (unpaired) electrons. The quantitative estimate of drug-likeness (QED) is 0.409. The summed E-state index contributed by atoms with van der Waals surface area (Å²) in [7, 11) is 0. The number of nitrogens with zero attached hydrogens (tertiary/aromatic N) is 1. The Morgan fingerprint density at radius 1 is 1.24 bits per heavy atom. The highest BCUT2D eigenvalue weighted by Gasteiger charge is 2.00. The van der Waals surface area contributed by atoms with Gasteiger partial charge in [-0.1, -0.05) is 20.8 Å². The van der Waals surface area contributed by atoms with E-state index < -0.39 is 0 Å². The number of halogens is 1. The Morgan fingerprint density at radius 3 is 2.35 bits per heavy atom. The monoisotopic (exact) mass is 373 g/mol. The maximum Gasteiger partial charge on any atom is 0.191 e. The van der Waals surface area contributed by atoms with E-state index >= 15 is 0 Å². The first-order valence-electron chi connectivity index (χ1n) is 6.15. The van der Waals surface area contributed by atoms with Crippen LogP contribution in [0.1, 0.15) is 34.1 Å². The van der Waals surface area contributed by atoms with Gasteiger partial charge in [0, 0.05) is 18.3 Å². The van der Waals surface area contributed by atoms with E-state index in [1.54, 1.807) is 0 Å². The Balaban J connectivity index is 0. The van der Waals surface area contributed by atoms with E-state index in [4.69, 9.17) is 0 Å². The summed E-state index contributed by atoms with van der Waals surface area (Å²) in [6, 6.07) is 0. The largest absolute Gasteiger partial charge is 0.357 e. The third-order valence-electron chi connectivity index (χ3n) is 2.27. The van der Waals surface area contributed by atoms with Crippen molar-refractivity contribution in [1.82, 2.24) is 10.6 Å². The molecule has 17 heavy (non-hydrogen) atoms. The lowest BCUT2D eigenvalue weighted by molar-refractivity contribution is 0.573. The lowest BCUT2D eigenvalue weighted by atomic mass is 10.1. The van der Waals surface area contributed by atoms with E-state index in [9.17, 15) is 0 Å². The molecule has 0 aromatic carbocycles. The minimum absolute atomic E-state index is 0. The number of nitrogens with one attached hydrogen (secondary N) is 2. The molecule has 0 aliphatic heterocycles. The molecule has 0 aliphatic carbocycles. The van der Waals surface area contributed by atoms with Crippen molar-refractivity contribution < 1.29 is 0 Å². The molecule has 104 valence electrons.